The van der Waals surface area contributed by atoms with Crippen LogP contribution in [0.3, 0.4) is 0 Å². The Morgan fingerprint density at radius 1 is 1.26 bits per heavy atom. The first-order chi connectivity index (χ1) is 10.7. The zero-order valence-corrected chi connectivity index (χ0v) is 13.2. The molecule has 1 aromatic rings. The Balaban J connectivity index is 2.63. The number of rotatable bonds is 8. The van der Waals surface area contributed by atoms with Crippen molar-refractivity contribution >= 4 is 11.9 Å². The van der Waals surface area contributed by atoms with Crippen LogP contribution in [0.15, 0.2) is 24.3 Å². The number of hydrogen-bond donors (Lipinski definition) is 4. The summed E-state index contributed by atoms with van der Waals surface area (Å²) in [6.45, 7) is 3.66. The van der Waals surface area contributed by atoms with E-state index in [9.17, 15) is 19.1 Å². The molecule has 0 aliphatic carbocycles. The number of carbonyl (C=O) groups is 2. The third-order valence-corrected chi connectivity index (χ3v) is 3.38. The first kappa shape index (κ1) is 19.1. The Labute approximate surface area is 134 Å². The van der Waals surface area contributed by atoms with E-state index in [2.05, 4.69) is 5.32 Å². The number of halogens is 1. The summed E-state index contributed by atoms with van der Waals surface area (Å²) in [4.78, 5) is 23.1. The Hall–Kier alpha value is -1.99. The van der Waals surface area contributed by atoms with Gasteiger partial charge in [0.2, 0.25) is 0 Å². The van der Waals surface area contributed by atoms with Crippen molar-refractivity contribution in [2.24, 2.45) is 11.7 Å². The molecule has 0 heterocycles. The standard InChI is InChI=1S/C16H23FN2O4/c1-9(2)7-13(16(22)23)19-15(21)14(20)12(18)8-10-3-5-11(17)6-4-10/h3-6,9,12-14,20H,7-8,18H2,1-2H3,(H,19,21)(H,22,23)/t12?,13-,14?/m0/s1. The van der Waals surface area contributed by atoms with Crippen molar-refractivity contribution in [3.63, 3.8) is 0 Å². The lowest BCUT2D eigenvalue weighted by Crippen LogP contribution is -2.52. The highest BCUT2D eigenvalue weighted by atomic mass is 19.1. The fraction of sp³-hybridized carbons (Fsp3) is 0.500. The van der Waals surface area contributed by atoms with Crippen LogP contribution in [0.2, 0.25) is 0 Å². The van der Waals surface area contributed by atoms with E-state index in [-0.39, 0.29) is 18.8 Å². The van der Waals surface area contributed by atoms with Crippen molar-refractivity contribution in [2.75, 3.05) is 0 Å². The molecule has 23 heavy (non-hydrogen) atoms. The average molecular weight is 326 g/mol. The van der Waals surface area contributed by atoms with Gasteiger partial charge in [-0.05, 0) is 36.5 Å². The molecule has 0 aliphatic rings. The number of carboxylic acid groups (broad SMARTS) is 1. The van der Waals surface area contributed by atoms with Gasteiger partial charge in [0.1, 0.15) is 18.0 Å². The summed E-state index contributed by atoms with van der Waals surface area (Å²) in [5, 5.41) is 21.3. The molecule has 0 spiro atoms. The summed E-state index contributed by atoms with van der Waals surface area (Å²) < 4.78 is 12.8. The molecule has 0 bridgehead atoms. The number of amides is 1. The predicted molar refractivity (Wildman–Crippen MR) is 83.1 cm³/mol. The first-order valence-electron chi connectivity index (χ1n) is 7.42. The second kappa shape index (κ2) is 8.59. The molecule has 1 aromatic carbocycles. The fourth-order valence-corrected chi connectivity index (χ4v) is 2.15. The number of aliphatic carboxylic acids is 1. The number of aliphatic hydroxyl groups is 1. The largest absolute Gasteiger partial charge is 0.480 e. The lowest BCUT2D eigenvalue weighted by molar-refractivity contribution is -0.144. The lowest BCUT2D eigenvalue weighted by atomic mass is 10.00. The summed E-state index contributed by atoms with van der Waals surface area (Å²) in [5.74, 6) is -2.31. The van der Waals surface area contributed by atoms with Crippen molar-refractivity contribution in [1.29, 1.82) is 0 Å². The van der Waals surface area contributed by atoms with E-state index in [0.717, 1.165) is 0 Å². The van der Waals surface area contributed by atoms with Gasteiger partial charge < -0.3 is 21.3 Å². The van der Waals surface area contributed by atoms with Gasteiger partial charge in [-0.15, -0.1) is 0 Å². The van der Waals surface area contributed by atoms with Gasteiger partial charge in [0.15, 0.2) is 0 Å². The molecule has 0 fully saturated rings. The molecule has 0 saturated carbocycles. The van der Waals surface area contributed by atoms with Gasteiger partial charge in [0, 0.05) is 6.04 Å². The van der Waals surface area contributed by atoms with Crippen LogP contribution in [0, 0.1) is 11.7 Å². The second-order valence-corrected chi connectivity index (χ2v) is 5.97. The smallest absolute Gasteiger partial charge is 0.326 e. The SMILES string of the molecule is CC(C)C[C@H](NC(=O)C(O)C(N)Cc1ccc(F)cc1)C(=O)O. The molecule has 128 valence electrons. The van der Waals surface area contributed by atoms with Gasteiger partial charge in [-0.2, -0.15) is 0 Å². The molecule has 0 saturated heterocycles. The van der Waals surface area contributed by atoms with E-state index in [1.807, 2.05) is 13.8 Å². The number of hydrogen-bond acceptors (Lipinski definition) is 4. The molecule has 3 atom stereocenters. The van der Waals surface area contributed by atoms with Crippen LogP contribution in [0.4, 0.5) is 4.39 Å². The van der Waals surface area contributed by atoms with E-state index >= 15 is 0 Å². The summed E-state index contributed by atoms with van der Waals surface area (Å²) in [5.41, 5.74) is 6.46. The number of carbonyl (C=O) groups excluding carboxylic acids is 1. The molecular weight excluding hydrogens is 303 g/mol. The number of nitrogens with one attached hydrogen (secondary N) is 1. The summed E-state index contributed by atoms with van der Waals surface area (Å²) in [7, 11) is 0. The van der Waals surface area contributed by atoms with Crippen molar-refractivity contribution in [2.45, 2.75) is 44.9 Å². The van der Waals surface area contributed by atoms with Gasteiger partial charge >= 0.3 is 5.97 Å². The Morgan fingerprint density at radius 3 is 2.30 bits per heavy atom. The molecule has 2 unspecified atom stereocenters. The maximum atomic E-state index is 12.8. The molecule has 1 amide bonds. The molecule has 0 aromatic heterocycles. The Morgan fingerprint density at radius 2 is 1.83 bits per heavy atom. The van der Waals surface area contributed by atoms with Crippen LogP contribution < -0.4 is 11.1 Å². The maximum Gasteiger partial charge on any atom is 0.326 e. The summed E-state index contributed by atoms with van der Waals surface area (Å²) >= 11 is 0. The van der Waals surface area contributed by atoms with Crippen LogP contribution in [-0.4, -0.2) is 40.3 Å². The zero-order chi connectivity index (χ0) is 17.6. The van der Waals surface area contributed by atoms with Crippen LogP contribution in [0.1, 0.15) is 25.8 Å². The monoisotopic (exact) mass is 326 g/mol. The molecule has 0 aliphatic heterocycles. The van der Waals surface area contributed by atoms with Crippen LogP contribution in [-0.2, 0) is 16.0 Å². The topological polar surface area (TPSA) is 113 Å². The highest BCUT2D eigenvalue weighted by Crippen LogP contribution is 2.09. The Kier molecular flexibility index (Phi) is 7.12. The third-order valence-electron chi connectivity index (χ3n) is 3.38. The van der Waals surface area contributed by atoms with E-state index in [1.165, 1.54) is 24.3 Å². The lowest BCUT2D eigenvalue weighted by Gasteiger charge is -2.22. The number of carboxylic acids is 1. The van der Waals surface area contributed by atoms with Gasteiger partial charge in [-0.1, -0.05) is 26.0 Å². The molecular formula is C16H23FN2O4. The van der Waals surface area contributed by atoms with E-state index in [0.29, 0.717) is 5.56 Å². The van der Waals surface area contributed by atoms with Crippen molar-refractivity contribution < 1.29 is 24.2 Å². The maximum absolute atomic E-state index is 12.8. The number of nitrogens with two attached hydrogens (primary N) is 1. The van der Waals surface area contributed by atoms with Gasteiger partial charge in [-0.3, -0.25) is 4.79 Å². The zero-order valence-electron chi connectivity index (χ0n) is 13.2. The van der Waals surface area contributed by atoms with Crippen molar-refractivity contribution in [1.82, 2.24) is 5.32 Å². The van der Waals surface area contributed by atoms with Crippen molar-refractivity contribution in [3.8, 4) is 0 Å². The number of aliphatic hydroxyl groups excluding tert-OH is 1. The van der Waals surface area contributed by atoms with Crippen molar-refractivity contribution in [3.05, 3.63) is 35.6 Å². The predicted octanol–water partition coefficient (Wildman–Crippen LogP) is 0.672. The second-order valence-electron chi connectivity index (χ2n) is 5.97. The Bertz CT molecular complexity index is 533. The third kappa shape index (κ3) is 6.33. The summed E-state index contributed by atoms with van der Waals surface area (Å²) in [6, 6.07) is 3.55. The fourth-order valence-electron chi connectivity index (χ4n) is 2.15. The first-order valence-corrected chi connectivity index (χ1v) is 7.42. The normalized spacial score (nSPS) is 15.0. The minimum absolute atomic E-state index is 0.0708. The molecule has 1 rings (SSSR count). The minimum Gasteiger partial charge on any atom is -0.480 e. The highest BCUT2D eigenvalue weighted by molar-refractivity contribution is 5.86. The number of benzene rings is 1. The average Bonchev–Trinajstić information content (AvgIpc) is 2.47. The van der Waals surface area contributed by atoms with Crippen LogP contribution >= 0.6 is 0 Å². The summed E-state index contributed by atoms with van der Waals surface area (Å²) in [6.07, 6.45) is -1.13. The minimum atomic E-state index is -1.55. The highest BCUT2D eigenvalue weighted by Gasteiger charge is 2.28. The van der Waals surface area contributed by atoms with Crippen LogP contribution in [0.5, 0.6) is 0 Å². The quantitative estimate of drug-likeness (QED) is 0.561. The van der Waals surface area contributed by atoms with E-state index < -0.39 is 35.9 Å². The molecule has 5 N–H and O–H groups in total. The molecule has 7 heteroatoms. The molecule has 0 radical (unpaired) electrons. The van der Waals surface area contributed by atoms with E-state index in [4.69, 9.17) is 10.8 Å². The molecule has 6 nitrogen and oxygen atoms in total. The van der Waals surface area contributed by atoms with E-state index in [1.54, 1.807) is 0 Å². The van der Waals surface area contributed by atoms with Gasteiger partial charge in [0.05, 0.1) is 0 Å². The van der Waals surface area contributed by atoms with Gasteiger partial charge in [0.25, 0.3) is 5.91 Å². The van der Waals surface area contributed by atoms with Crippen LogP contribution in [0.25, 0.3) is 0 Å². The van der Waals surface area contributed by atoms with Gasteiger partial charge in [-0.25, -0.2) is 9.18 Å².